The molecule has 110 valence electrons. The van der Waals surface area contributed by atoms with Gasteiger partial charge in [0.2, 0.25) is 0 Å². The van der Waals surface area contributed by atoms with Crippen molar-refractivity contribution in [1.82, 2.24) is 5.32 Å². The van der Waals surface area contributed by atoms with Gasteiger partial charge in [-0.15, -0.1) is 0 Å². The fourth-order valence-electron chi connectivity index (χ4n) is 3.38. The molecule has 0 bridgehead atoms. The van der Waals surface area contributed by atoms with Crippen LogP contribution in [0.15, 0.2) is 54.6 Å². The summed E-state index contributed by atoms with van der Waals surface area (Å²) in [5.41, 5.74) is 4.01. The van der Waals surface area contributed by atoms with E-state index in [1.165, 1.54) is 29.7 Å². The van der Waals surface area contributed by atoms with Gasteiger partial charge in [0.15, 0.2) is 0 Å². The Morgan fingerprint density at radius 2 is 1.71 bits per heavy atom. The lowest BCUT2D eigenvalue weighted by Gasteiger charge is -2.40. The summed E-state index contributed by atoms with van der Waals surface area (Å²) in [5, 5.41) is 3.43. The molecule has 0 amide bonds. The number of benzene rings is 2. The molecule has 21 heavy (non-hydrogen) atoms. The Labute approximate surface area is 127 Å². The second-order valence-corrected chi connectivity index (χ2v) is 5.94. The zero-order chi connectivity index (χ0) is 14.7. The summed E-state index contributed by atoms with van der Waals surface area (Å²) in [4.78, 5) is 2.57. The molecule has 1 heterocycles. The summed E-state index contributed by atoms with van der Waals surface area (Å²) in [6, 6.07) is 20.7. The summed E-state index contributed by atoms with van der Waals surface area (Å²) >= 11 is 0. The van der Waals surface area contributed by atoms with Gasteiger partial charge in [0.05, 0.1) is 0 Å². The molecular formula is C19H24N2. The molecule has 0 saturated carbocycles. The van der Waals surface area contributed by atoms with Crippen molar-refractivity contribution in [3.63, 3.8) is 0 Å². The normalized spacial score (nSPS) is 22.3. The van der Waals surface area contributed by atoms with Gasteiger partial charge in [-0.1, -0.05) is 48.5 Å². The highest BCUT2D eigenvalue weighted by molar-refractivity contribution is 5.78. The zero-order valence-electron chi connectivity index (χ0n) is 12.9. The highest BCUT2D eigenvalue weighted by atomic mass is 15.2. The molecule has 1 N–H and O–H groups in total. The summed E-state index contributed by atoms with van der Waals surface area (Å²) in [5.74, 6) is 0. The lowest BCUT2D eigenvalue weighted by atomic mass is 9.95. The molecular weight excluding hydrogens is 256 g/mol. The standard InChI is InChI=1S/C19H24N2/c1-15-14-17(20-2)12-13-21(15)19-11-7-6-10-18(19)16-8-4-3-5-9-16/h3-11,15,17,20H,12-14H2,1-2H3. The topological polar surface area (TPSA) is 15.3 Å². The van der Waals surface area contributed by atoms with Crippen molar-refractivity contribution < 1.29 is 0 Å². The van der Waals surface area contributed by atoms with E-state index in [1.54, 1.807) is 0 Å². The van der Waals surface area contributed by atoms with Gasteiger partial charge < -0.3 is 10.2 Å². The Kier molecular flexibility index (Phi) is 4.26. The molecule has 0 spiro atoms. The molecule has 2 aromatic carbocycles. The van der Waals surface area contributed by atoms with E-state index in [0.717, 1.165) is 6.54 Å². The molecule has 3 rings (SSSR count). The van der Waals surface area contributed by atoms with Crippen molar-refractivity contribution in [2.24, 2.45) is 0 Å². The first kappa shape index (κ1) is 14.2. The maximum Gasteiger partial charge on any atom is 0.0448 e. The Hall–Kier alpha value is -1.80. The second kappa shape index (κ2) is 6.31. The van der Waals surface area contributed by atoms with Crippen LogP contribution in [0.2, 0.25) is 0 Å². The van der Waals surface area contributed by atoms with Crippen LogP contribution in [0.4, 0.5) is 5.69 Å². The first-order valence-electron chi connectivity index (χ1n) is 7.88. The van der Waals surface area contributed by atoms with Gasteiger partial charge in [-0.25, -0.2) is 0 Å². The number of hydrogen-bond acceptors (Lipinski definition) is 2. The number of rotatable bonds is 3. The minimum absolute atomic E-state index is 0.570. The zero-order valence-corrected chi connectivity index (χ0v) is 12.9. The predicted molar refractivity (Wildman–Crippen MR) is 90.8 cm³/mol. The summed E-state index contributed by atoms with van der Waals surface area (Å²) < 4.78 is 0. The summed E-state index contributed by atoms with van der Waals surface area (Å²) in [6.45, 7) is 3.46. The van der Waals surface area contributed by atoms with Crippen LogP contribution in [0.3, 0.4) is 0 Å². The van der Waals surface area contributed by atoms with Gasteiger partial charge in [-0.05, 0) is 38.4 Å². The number of nitrogens with zero attached hydrogens (tertiary/aromatic N) is 1. The first-order chi connectivity index (χ1) is 10.3. The largest absolute Gasteiger partial charge is 0.368 e. The molecule has 0 aromatic heterocycles. The fraction of sp³-hybridized carbons (Fsp3) is 0.368. The molecule has 1 aliphatic rings. The van der Waals surface area contributed by atoms with Crippen LogP contribution >= 0.6 is 0 Å². The number of para-hydroxylation sites is 1. The van der Waals surface area contributed by atoms with E-state index < -0.39 is 0 Å². The van der Waals surface area contributed by atoms with E-state index in [2.05, 4.69) is 78.8 Å². The van der Waals surface area contributed by atoms with Gasteiger partial charge in [-0.3, -0.25) is 0 Å². The van der Waals surface area contributed by atoms with E-state index in [9.17, 15) is 0 Å². The first-order valence-corrected chi connectivity index (χ1v) is 7.88. The third-order valence-electron chi connectivity index (χ3n) is 4.58. The summed E-state index contributed by atoms with van der Waals surface area (Å²) in [6.07, 6.45) is 2.42. The maximum atomic E-state index is 3.43. The van der Waals surface area contributed by atoms with E-state index in [4.69, 9.17) is 0 Å². The van der Waals surface area contributed by atoms with Crippen molar-refractivity contribution in [3.05, 3.63) is 54.6 Å². The van der Waals surface area contributed by atoms with Crippen LogP contribution in [-0.2, 0) is 0 Å². The second-order valence-electron chi connectivity index (χ2n) is 5.94. The van der Waals surface area contributed by atoms with Crippen LogP contribution in [0.1, 0.15) is 19.8 Å². The molecule has 2 aromatic rings. The highest BCUT2D eigenvalue weighted by Crippen LogP contribution is 2.34. The van der Waals surface area contributed by atoms with Gasteiger partial charge in [-0.2, -0.15) is 0 Å². The van der Waals surface area contributed by atoms with Crippen LogP contribution < -0.4 is 10.2 Å². The van der Waals surface area contributed by atoms with Crippen molar-refractivity contribution in [2.75, 3.05) is 18.5 Å². The Morgan fingerprint density at radius 1 is 1.00 bits per heavy atom. The van der Waals surface area contributed by atoms with Gasteiger partial charge in [0.25, 0.3) is 0 Å². The lowest BCUT2D eigenvalue weighted by molar-refractivity contribution is 0.387. The molecule has 2 nitrogen and oxygen atoms in total. The van der Waals surface area contributed by atoms with Crippen LogP contribution in [0.5, 0.6) is 0 Å². The third kappa shape index (κ3) is 2.96. The monoisotopic (exact) mass is 280 g/mol. The minimum atomic E-state index is 0.570. The molecule has 0 aliphatic carbocycles. The van der Waals surface area contributed by atoms with Crippen molar-refractivity contribution >= 4 is 5.69 Å². The van der Waals surface area contributed by atoms with E-state index >= 15 is 0 Å². The molecule has 2 unspecified atom stereocenters. The molecule has 2 heteroatoms. The quantitative estimate of drug-likeness (QED) is 0.916. The Bertz CT molecular complexity index is 579. The smallest absolute Gasteiger partial charge is 0.0448 e. The number of nitrogens with one attached hydrogen (secondary N) is 1. The van der Waals surface area contributed by atoms with Crippen molar-refractivity contribution in [1.29, 1.82) is 0 Å². The number of hydrogen-bond donors (Lipinski definition) is 1. The molecule has 0 radical (unpaired) electrons. The highest BCUT2D eigenvalue weighted by Gasteiger charge is 2.25. The fourth-order valence-corrected chi connectivity index (χ4v) is 3.38. The van der Waals surface area contributed by atoms with Crippen LogP contribution in [-0.4, -0.2) is 25.7 Å². The summed E-state index contributed by atoms with van der Waals surface area (Å²) in [7, 11) is 2.07. The van der Waals surface area contributed by atoms with Crippen molar-refractivity contribution in [2.45, 2.75) is 31.8 Å². The average Bonchev–Trinajstić information content (AvgIpc) is 2.55. The molecule has 1 saturated heterocycles. The number of anilines is 1. The van der Waals surface area contributed by atoms with E-state index in [0.29, 0.717) is 12.1 Å². The van der Waals surface area contributed by atoms with Crippen LogP contribution in [0, 0.1) is 0 Å². The van der Waals surface area contributed by atoms with Gasteiger partial charge >= 0.3 is 0 Å². The SMILES string of the molecule is CNC1CCN(c2ccccc2-c2ccccc2)C(C)C1. The minimum Gasteiger partial charge on any atom is -0.368 e. The predicted octanol–water partition coefficient (Wildman–Crippen LogP) is 3.93. The number of piperidine rings is 1. The van der Waals surface area contributed by atoms with E-state index in [-0.39, 0.29) is 0 Å². The van der Waals surface area contributed by atoms with Crippen LogP contribution in [0.25, 0.3) is 11.1 Å². The average molecular weight is 280 g/mol. The lowest BCUT2D eigenvalue weighted by Crippen LogP contribution is -2.46. The van der Waals surface area contributed by atoms with Gasteiger partial charge in [0, 0.05) is 29.9 Å². The van der Waals surface area contributed by atoms with E-state index in [1.807, 2.05) is 0 Å². The molecule has 1 aliphatic heterocycles. The maximum absolute atomic E-state index is 3.43. The Balaban J connectivity index is 1.93. The molecule has 2 atom stereocenters. The third-order valence-corrected chi connectivity index (χ3v) is 4.58. The Morgan fingerprint density at radius 3 is 2.43 bits per heavy atom. The molecule has 1 fully saturated rings. The van der Waals surface area contributed by atoms with Gasteiger partial charge in [0.1, 0.15) is 0 Å². The van der Waals surface area contributed by atoms with Crippen molar-refractivity contribution in [3.8, 4) is 11.1 Å².